The minimum atomic E-state index is -0.557. The molecule has 2 saturated heterocycles. The molecule has 12 heteroatoms. The minimum absolute atomic E-state index is 0.0470. The van der Waals surface area contributed by atoms with Crippen LogP contribution in [0, 0.1) is 0 Å². The van der Waals surface area contributed by atoms with Crippen LogP contribution in [0.15, 0.2) is 30.1 Å². The minimum Gasteiger partial charge on any atom is -0.367 e. The Hall–Kier alpha value is -3.77. The van der Waals surface area contributed by atoms with Gasteiger partial charge < -0.3 is 20.4 Å². The number of nitrogens with zero attached hydrogens (tertiary/aromatic N) is 5. The van der Waals surface area contributed by atoms with E-state index >= 15 is 0 Å². The number of carbonyl (C=O) groups excluding carboxylic acids is 3. The Balaban J connectivity index is 1.34. The van der Waals surface area contributed by atoms with Crippen LogP contribution < -0.4 is 16.0 Å². The fraction of sp³-hybridized carbons (Fsp3) is 0.375. The van der Waals surface area contributed by atoms with Gasteiger partial charge in [-0.05, 0) is 51.6 Å². The van der Waals surface area contributed by atoms with Crippen LogP contribution in [0.5, 0.6) is 0 Å². The van der Waals surface area contributed by atoms with E-state index in [4.69, 9.17) is 4.98 Å². The van der Waals surface area contributed by atoms with Gasteiger partial charge in [-0.3, -0.25) is 14.9 Å². The Morgan fingerprint density at radius 2 is 2.06 bits per heavy atom. The van der Waals surface area contributed by atoms with E-state index in [1.165, 1.54) is 11.3 Å². The maximum absolute atomic E-state index is 13.1. The van der Waals surface area contributed by atoms with Crippen molar-refractivity contribution >= 4 is 46.7 Å². The summed E-state index contributed by atoms with van der Waals surface area (Å²) < 4.78 is 1.70. The first-order chi connectivity index (χ1) is 17.4. The molecule has 186 valence electrons. The van der Waals surface area contributed by atoms with Gasteiger partial charge >= 0.3 is 6.03 Å². The molecule has 4 amide bonds. The van der Waals surface area contributed by atoms with Crippen LogP contribution in [-0.2, 0) is 4.79 Å². The molecule has 3 N–H and O–H groups in total. The van der Waals surface area contributed by atoms with Gasteiger partial charge in [0.25, 0.3) is 11.8 Å². The molecule has 3 aliphatic rings. The summed E-state index contributed by atoms with van der Waals surface area (Å²) in [6, 6.07) is 5.94. The lowest BCUT2D eigenvalue weighted by atomic mass is 10.2. The summed E-state index contributed by atoms with van der Waals surface area (Å²) in [4.78, 5) is 47.2. The quantitative estimate of drug-likeness (QED) is 0.345. The normalized spacial score (nSPS) is 21.0. The molecule has 3 aromatic rings. The monoisotopic (exact) mass is 506 g/mol. The molecule has 0 bridgehead atoms. The molecule has 6 rings (SSSR count). The lowest BCUT2D eigenvalue weighted by molar-refractivity contribution is -0.115. The zero-order valence-corrected chi connectivity index (χ0v) is 20.8. The van der Waals surface area contributed by atoms with E-state index in [-0.39, 0.29) is 11.6 Å². The molecule has 1 aliphatic carbocycles. The molecule has 3 fully saturated rings. The second-order valence-corrected chi connectivity index (χ2v) is 10.7. The molecule has 0 aromatic carbocycles. The Morgan fingerprint density at radius 3 is 2.75 bits per heavy atom. The van der Waals surface area contributed by atoms with Crippen molar-refractivity contribution in [3.63, 3.8) is 0 Å². The van der Waals surface area contributed by atoms with Crippen LogP contribution in [0.4, 0.5) is 10.6 Å². The van der Waals surface area contributed by atoms with Gasteiger partial charge in [0.1, 0.15) is 11.5 Å². The number of amides is 4. The molecule has 2 aliphatic heterocycles. The highest BCUT2D eigenvalue weighted by molar-refractivity contribution is 7.17. The molecule has 1 saturated carbocycles. The first-order valence-corrected chi connectivity index (χ1v) is 12.7. The number of likely N-dealkylation sites (tertiary alicyclic amines) is 1. The third-order valence-corrected chi connectivity index (χ3v) is 7.79. The maximum Gasteiger partial charge on any atom is 0.326 e. The van der Waals surface area contributed by atoms with Crippen LogP contribution in [0.3, 0.4) is 0 Å². The summed E-state index contributed by atoms with van der Waals surface area (Å²) in [5.74, 6) is 0.342. The van der Waals surface area contributed by atoms with Gasteiger partial charge in [-0.2, -0.15) is 9.61 Å². The number of fused-ring (bicyclic) bond motifs is 1. The number of rotatable bonds is 6. The average Bonchev–Trinajstić information content (AvgIpc) is 3.25. The first kappa shape index (κ1) is 22.7. The van der Waals surface area contributed by atoms with Gasteiger partial charge in [-0.25, -0.2) is 9.78 Å². The second-order valence-electron chi connectivity index (χ2n) is 9.57. The van der Waals surface area contributed by atoms with E-state index in [9.17, 15) is 14.4 Å². The van der Waals surface area contributed by atoms with Gasteiger partial charge in [-0.15, -0.1) is 11.3 Å². The summed E-state index contributed by atoms with van der Waals surface area (Å²) in [6.07, 6.45) is 6.34. The third kappa shape index (κ3) is 4.22. The summed E-state index contributed by atoms with van der Waals surface area (Å²) in [5.41, 5.74) is 2.00. The number of nitrogens with one attached hydrogen (secondary N) is 3. The zero-order valence-electron chi connectivity index (χ0n) is 19.9. The van der Waals surface area contributed by atoms with Crippen molar-refractivity contribution in [3.8, 4) is 10.6 Å². The standard InChI is InChI=1S/C24H26N8O3S/c1-30(2)15-7-8-31(12-15)23(34)19-6-5-18(36-19)16-10-20(26-14-3-4-14)32-21(27-16)13(11-25-32)9-17-22(33)29-24(35)28-17/h5-6,9-11,14-15,26H,3-4,7-8,12H2,1-2H3,(H2,28,29,33,35)/b17-9-. The molecule has 1 atom stereocenters. The maximum atomic E-state index is 13.1. The Bertz CT molecular complexity index is 1420. The molecule has 5 heterocycles. The van der Waals surface area contributed by atoms with Crippen LogP contribution in [0.1, 0.15) is 34.5 Å². The van der Waals surface area contributed by atoms with Gasteiger partial charge in [-0.1, -0.05) is 0 Å². The van der Waals surface area contributed by atoms with Gasteiger partial charge in [0, 0.05) is 36.8 Å². The zero-order chi connectivity index (χ0) is 25.0. The van der Waals surface area contributed by atoms with Gasteiger partial charge in [0.05, 0.1) is 21.6 Å². The fourth-order valence-corrected chi connectivity index (χ4v) is 5.41. The summed E-state index contributed by atoms with van der Waals surface area (Å²) >= 11 is 1.42. The summed E-state index contributed by atoms with van der Waals surface area (Å²) in [5, 5.41) is 12.7. The lowest BCUT2D eigenvalue weighted by Crippen LogP contribution is -2.34. The van der Waals surface area contributed by atoms with E-state index in [1.54, 1.807) is 16.8 Å². The number of hydrogen-bond acceptors (Lipinski definition) is 8. The van der Waals surface area contributed by atoms with Crippen molar-refractivity contribution in [3.05, 3.63) is 40.5 Å². The number of anilines is 1. The molecule has 0 spiro atoms. The van der Waals surface area contributed by atoms with Crippen molar-refractivity contribution in [2.45, 2.75) is 31.3 Å². The van der Waals surface area contributed by atoms with Crippen LogP contribution in [0.25, 0.3) is 22.3 Å². The topological polar surface area (TPSA) is 124 Å². The lowest BCUT2D eigenvalue weighted by Gasteiger charge is -2.20. The van der Waals surface area contributed by atoms with E-state index < -0.39 is 11.9 Å². The molecule has 11 nitrogen and oxygen atoms in total. The largest absolute Gasteiger partial charge is 0.367 e. The highest BCUT2D eigenvalue weighted by Gasteiger charge is 2.29. The second kappa shape index (κ2) is 8.71. The number of aromatic nitrogens is 3. The molecule has 3 aromatic heterocycles. The summed E-state index contributed by atoms with van der Waals surface area (Å²) in [7, 11) is 4.09. The Labute approximate surface area is 211 Å². The fourth-order valence-electron chi connectivity index (χ4n) is 4.48. The SMILES string of the molecule is CN(C)C1CCN(C(=O)c2ccc(-c3cc(NC4CC4)n4ncc(/C=C5\NC(=O)NC5=O)c4n3)s2)C1. The molecular weight excluding hydrogens is 480 g/mol. The molecule has 1 unspecified atom stereocenters. The van der Waals surface area contributed by atoms with E-state index in [2.05, 4.69) is 25.9 Å². The number of imide groups is 1. The van der Waals surface area contributed by atoms with Crippen molar-refractivity contribution in [2.75, 3.05) is 32.5 Å². The van der Waals surface area contributed by atoms with Crippen LogP contribution in [-0.4, -0.2) is 81.5 Å². The average molecular weight is 507 g/mol. The van der Waals surface area contributed by atoms with E-state index in [0.717, 1.165) is 43.0 Å². The van der Waals surface area contributed by atoms with Crippen LogP contribution >= 0.6 is 11.3 Å². The van der Waals surface area contributed by atoms with Crippen LogP contribution in [0.2, 0.25) is 0 Å². The van der Waals surface area contributed by atoms with Gasteiger partial charge in [0.2, 0.25) is 0 Å². The van der Waals surface area contributed by atoms with E-state index in [1.807, 2.05) is 37.2 Å². The van der Waals surface area contributed by atoms with Gasteiger partial charge in [0.15, 0.2) is 5.65 Å². The first-order valence-electron chi connectivity index (χ1n) is 11.9. The Morgan fingerprint density at radius 1 is 1.22 bits per heavy atom. The molecule has 36 heavy (non-hydrogen) atoms. The number of hydrogen-bond donors (Lipinski definition) is 3. The van der Waals surface area contributed by atoms with Crippen molar-refractivity contribution in [2.24, 2.45) is 0 Å². The van der Waals surface area contributed by atoms with Crippen molar-refractivity contribution < 1.29 is 14.4 Å². The highest BCUT2D eigenvalue weighted by atomic mass is 32.1. The summed E-state index contributed by atoms with van der Waals surface area (Å²) in [6.45, 7) is 1.49. The predicted octanol–water partition coefficient (Wildman–Crippen LogP) is 1.99. The number of likely N-dealkylation sites (N-methyl/N-ethyl adjacent to an activating group) is 1. The molecule has 0 radical (unpaired) electrons. The number of thiophene rings is 1. The number of carbonyl (C=O) groups is 3. The van der Waals surface area contributed by atoms with Crippen molar-refractivity contribution in [1.29, 1.82) is 0 Å². The third-order valence-electron chi connectivity index (χ3n) is 6.70. The molecular formula is C24H26N8O3S. The Kier molecular flexibility index (Phi) is 5.49. The smallest absolute Gasteiger partial charge is 0.326 e. The number of urea groups is 1. The highest BCUT2D eigenvalue weighted by Crippen LogP contribution is 2.33. The van der Waals surface area contributed by atoms with Crippen molar-refractivity contribution in [1.82, 2.24) is 35.0 Å². The van der Waals surface area contributed by atoms with E-state index in [0.29, 0.717) is 33.9 Å². The predicted molar refractivity (Wildman–Crippen MR) is 136 cm³/mol.